The molecule has 5 nitrogen and oxygen atoms in total. The molecule has 126 valence electrons. The van der Waals surface area contributed by atoms with Gasteiger partial charge in [0.25, 0.3) is 0 Å². The number of aromatic hydroxyl groups is 1. The number of thiocarbonyl (C=S) groups is 1. The van der Waals surface area contributed by atoms with Crippen LogP contribution in [0.2, 0.25) is 0 Å². The molecule has 0 bridgehead atoms. The van der Waals surface area contributed by atoms with E-state index in [1.165, 1.54) is 4.90 Å². The van der Waals surface area contributed by atoms with Crippen LogP contribution in [0.25, 0.3) is 0 Å². The minimum absolute atomic E-state index is 0.331. The lowest BCUT2D eigenvalue weighted by atomic mass is 10.1. The number of hydrogen-bond acceptors (Lipinski definition) is 3. The lowest BCUT2D eigenvalue weighted by Gasteiger charge is -2.16. The Labute approximate surface area is 144 Å². The lowest BCUT2D eigenvalue weighted by molar-refractivity contribution is -0.910. The predicted octanol–water partition coefficient (Wildman–Crippen LogP) is 1.19. The highest BCUT2D eigenvalue weighted by atomic mass is 32.1. The quantitative estimate of drug-likeness (QED) is 0.249. The van der Waals surface area contributed by atoms with Gasteiger partial charge in [0.15, 0.2) is 5.11 Å². The molecule has 0 aliphatic carbocycles. The van der Waals surface area contributed by atoms with Crippen molar-refractivity contribution in [2.24, 2.45) is 5.10 Å². The molecule has 0 aliphatic heterocycles. The Morgan fingerprint density at radius 1 is 1.39 bits per heavy atom. The van der Waals surface area contributed by atoms with E-state index in [0.29, 0.717) is 17.4 Å². The summed E-state index contributed by atoms with van der Waals surface area (Å²) in [6.07, 6.45) is 1.73. The minimum Gasteiger partial charge on any atom is -0.507 e. The lowest BCUT2D eigenvalue weighted by Crippen LogP contribution is -3.10. The van der Waals surface area contributed by atoms with Gasteiger partial charge in [-0.05, 0) is 56.8 Å². The number of phenols is 1. The zero-order valence-electron chi connectivity index (χ0n) is 14.1. The maximum Gasteiger partial charge on any atom is 0.187 e. The number of nitrogens with one attached hydrogen (secondary N) is 3. The fraction of sp³-hybridized carbons (Fsp3) is 0.412. The molecule has 1 rings (SSSR count). The number of hydrazone groups is 1. The van der Waals surface area contributed by atoms with Gasteiger partial charge in [-0.1, -0.05) is 6.08 Å². The maximum absolute atomic E-state index is 10.1. The smallest absolute Gasteiger partial charge is 0.187 e. The second-order valence-corrected chi connectivity index (χ2v) is 5.69. The van der Waals surface area contributed by atoms with E-state index in [0.717, 1.165) is 36.5 Å². The number of nitrogens with zero attached hydrogens (tertiary/aromatic N) is 1. The van der Waals surface area contributed by atoms with Gasteiger partial charge in [-0.15, -0.1) is 6.58 Å². The molecule has 0 atom stereocenters. The van der Waals surface area contributed by atoms with Crippen molar-refractivity contribution < 1.29 is 10.0 Å². The molecule has 0 aromatic heterocycles. The number of hydrogen-bond donors (Lipinski definition) is 4. The first-order valence-corrected chi connectivity index (χ1v) is 8.27. The summed E-state index contributed by atoms with van der Waals surface area (Å²) >= 11 is 5.10. The Balaban J connectivity index is 2.83. The Morgan fingerprint density at radius 2 is 2.09 bits per heavy atom. The molecular formula is C17H27N4OS+. The molecule has 0 saturated carbocycles. The van der Waals surface area contributed by atoms with E-state index >= 15 is 0 Å². The van der Waals surface area contributed by atoms with Crippen LogP contribution in [-0.2, 0) is 6.54 Å². The standard InChI is InChI=1S/C17H26N4OS/c1-5-10-18-17(23)20-19-13(4)14-8-9-16(22)15(11-14)12-21(6-2)7-3/h5,8-9,11,22H,1,6-7,10,12H2,2-4H3,(H2,18,20,23)/p+1/b19-13+. The van der Waals surface area contributed by atoms with E-state index in [4.69, 9.17) is 12.2 Å². The summed E-state index contributed by atoms with van der Waals surface area (Å²) in [4.78, 5) is 1.42. The number of rotatable bonds is 8. The average Bonchev–Trinajstić information content (AvgIpc) is 2.56. The van der Waals surface area contributed by atoms with Crippen molar-refractivity contribution in [3.05, 3.63) is 42.0 Å². The second kappa shape index (κ2) is 9.97. The molecule has 0 unspecified atom stereocenters. The van der Waals surface area contributed by atoms with Crippen LogP contribution in [0.4, 0.5) is 0 Å². The Bertz CT molecular complexity index is 568. The zero-order valence-corrected chi connectivity index (χ0v) is 15.0. The minimum atomic E-state index is 0.331. The highest BCUT2D eigenvalue weighted by Crippen LogP contribution is 2.18. The van der Waals surface area contributed by atoms with E-state index < -0.39 is 0 Å². The first-order valence-electron chi connectivity index (χ1n) is 7.86. The van der Waals surface area contributed by atoms with E-state index in [-0.39, 0.29) is 0 Å². The van der Waals surface area contributed by atoms with Crippen molar-refractivity contribution >= 4 is 23.0 Å². The molecule has 23 heavy (non-hydrogen) atoms. The van der Waals surface area contributed by atoms with Crippen molar-refractivity contribution in [1.29, 1.82) is 0 Å². The topological polar surface area (TPSA) is 61.1 Å². The summed E-state index contributed by atoms with van der Waals surface area (Å²) in [5.74, 6) is 0.331. The highest BCUT2D eigenvalue weighted by Gasteiger charge is 2.11. The Kier molecular flexibility index (Phi) is 8.29. The van der Waals surface area contributed by atoms with Crippen molar-refractivity contribution in [3.8, 4) is 5.75 Å². The third kappa shape index (κ3) is 6.38. The van der Waals surface area contributed by atoms with Gasteiger partial charge in [-0.3, -0.25) is 5.43 Å². The van der Waals surface area contributed by atoms with Gasteiger partial charge in [0.05, 0.1) is 18.8 Å². The van der Waals surface area contributed by atoms with Gasteiger partial charge in [0.1, 0.15) is 12.3 Å². The SMILES string of the molecule is C=CCNC(=S)N/N=C(\C)c1ccc(O)c(C[NH+](CC)CC)c1. The van der Waals surface area contributed by atoms with Crippen LogP contribution in [0.15, 0.2) is 36.0 Å². The fourth-order valence-electron chi connectivity index (χ4n) is 2.13. The molecule has 0 heterocycles. The number of phenolic OH excluding ortho intramolecular Hbond substituents is 1. The van der Waals surface area contributed by atoms with Crippen LogP contribution in [0.3, 0.4) is 0 Å². The average molecular weight is 335 g/mol. The van der Waals surface area contributed by atoms with Gasteiger partial charge in [0.2, 0.25) is 0 Å². The van der Waals surface area contributed by atoms with Gasteiger partial charge >= 0.3 is 0 Å². The van der Waals surface area contributed by atoms with Crippen LogP contribution in [-0.4, -0.2) is 35.6 Å². The summed E-state index contributed by atoms with van der Waals surface area (Å²) in [6.45, 7) is 13.3. The second-order valence-electron chi connectivity index (χ2n) is 5.29. The van der Waals surface area contributed by atoms with Crippen molar-refractivity contribution in [2.45, 2.75) is 27.3 Å². The zero-order chi connectivity index (χ0) is 17.2. The molecule has 0 spiro atoms. The van der Waals surface area contributed by atoms with E-state index in [9.17, 15) is 5.11 Å². The molecule has 4 N–H and O–H groups in total. The van der Waals surface area contributed by atoms with Gasteiger partial charge in [0, 0.05) is 12.1 Å². The molecule has 0 aliphatic rings. The predicted molar refractivity (Wildman–Crippen MR) is 100.0 cm³/mol. The van der Waals surface area contributed by atoms with Crippen LogP contribution in [0, 0.1) is 0 Å². The maximum atomic E-state index is 10.1. The molecule has 0 radical (unpaired) electrons. The normalized spacial score (nSPS) is 11.4. The molecule has 1 aromatic carbocycles. The van der Waals surface area contributed by atoms with Crippen LogP contribution in [0.5, 0.6) is 5.75 Å². The molecule has 6 heteroatoms. The summed E-state index contributed by atoms with van der Waals surface area (Å²) < 4.78 is 0. The summed E-state index contributed by atoms with van der Waals surface area (Å²) in [5.41, 5.74) is 5.51. The molecule has 0 amide bonds. The van der Waals surface area contributed by atoms with Gasteiger partial charge in [-0.2, -0.15) is 5.10 Å². The largest absolute Gasteiger partial charge is 0.507 e. The first-order chi connectivity index (χ1) is 11.0. The molecule has 0 saturated heterocycles. The fourth-order valence-corrected chi connectivity index (χ4v) is 2.25. The van der Waals surface area contributed by atoms with E-state index in [2.05, 4.69) is 36.3 Å². The monoisotopic (exact) mass is 335 g/mol. The van der Waals surface area contributed by atoms with Crippen molar-refractivity contribution in [3.63, 3.8) is 0 Å². The molecular weight excluding hydrogens is 308 g/mol. The molecule has 1 aromatic rings. The first kappa shape index (κ1) is 19.1. The summed E-state index contributed by atoms with van der Waals surface area (Å²) in [7, 11) is 0. The Morgan fingerprint density at radius 3 is 2.70 bits per heavy atom. The third-order valence-corrected chi connectivity index (χ3v) is 3.91. The molecule has 0 fully saturated rings. The number of benzene rings is 1. The van der Waals surface area contributed by atoms with Gasteiger partial charge < -0.3 is 15.3 Å². The van der Waals surface area contributed by atoms with E-state index in [1.54, 1.807) is 12.1 Å². The van der Waals surface area contributed by atoms with Crippen LogP contribution < -0.4 is 15.6 Å². The third-order valence-electron chi connectivity index (χ3n) is 3.67. The van der Waals surface area contributed by atoms with Gasteiger partial charge in [-0.25, -0.2) is 0 Å². The highest BCUT2D eigenvalue weighted by molar-refractivity contribution is 7.80. The van der Waals surface area contributed by atoms with Crippen molar-refractivity contribution in [1.82, 2.24) is 10.7 Å². The summed E-state index contributed by atoms with van der Waals surface area (Å²) in [5, 5.41) is 17.7. The summed E-state index contributed by atoms with van der Waals surface area (Å²) in [6, 6.07) is 5.57. The van der Waals surface area contributed by atoms with Crippen molar-refractivity contribution in [2.75, 3.05) is 19.6 Å². The van der Waals surface area contributed by atoms with Crippen LogP contribution >= 0.6 is 12.2 Å². The number of quaternary nitrogens is 1. The Hall–Kier alpha value is -1.92. The van der Waals surface area contributed by atoms with Crippen LogP contribution in [0.1, 0.15) is 31.9 Å². The van der Waals surface area contributed by atoms with E-state index in [1.807, 2.05) is 19.1 Å².